The minimum Gasteiger partial charge on any atom is -0.342 e. The lowest BCUT2D eigenvalue weighted by Gasteiger charge is -2.03. The van der Waals surface area contributed by atoms with Crippen molar-refractivity contribution in [2.45, 2.75) is 0 Å². The van der Waals surface area contributed by atoms with E-state index >= 15 is 0 Å². The van der Waals surface area contributed by atoms with E-state index in [-0.39, 0.29) is 0 Å². The Morgan fingerprint density at radius 3 is 2.23 bits per heavy atom. The van der Waals surface area contributed by atoms with Crippen LogP contribution in [0.4, 0.5) is 18.9 Å². The average Bonchev–Trinajstić information content (AvgIpc) is 2.02. The molecule has 0 radical (unpaired) electrons. The van der Waals surface area contributed by atoms with E-state index in [0.717, 1.165) is 6.34 Å². The van der Waals surface area contributed by atoms with E-state index in [0.29, 0.717) is 12.1 Å². The number of hydrogen-bond donors (Lipinski definition) is 1. The summed E-state index contributed by atoms with van der Waals surface area (Å²) in [5.41, 5.74) is -0.410. The van der Waals surface area contributed by atoms with Gasteiger partial charge in [-0.25, -0.2) is 13.2 Å². The number of anilines is 1. The third-order valence-electron chi connectivity index (χ3n) is 1.34. The van der Waals surface area contributed by atoms with Crippen molar-refractivity contribution in [3.63, 3.8) is 0 Å². The van der Waals surface area contributed by atoms with E-state index < -0.39 is 23.1 Å². The molecule has 0 spiro atoms. The zero-order chi connectivity index (χ0) is 9.84. The molecule has 0 saturated carbocycles. The molecule has 0 heterocycles. The Morgan fingerprint density at radius 1 is 1.23 bits per heavy atom. The van der Waals surface area contributed by atoms with Gasteiger partial charge in [-0.05, 0) is 0 Å². The highest BCUT2D eigenvalue weighted by Crippen LogP contribution is 2.19. The molecule has 70 valence electrons. The summed E-state index contributed by atoms with van der Waals surface area (Å²) >= 11 is 0. The Kier molecular flexibility index (Phi) is 2.89. The van der Waals surface area contributed by atoms with E-state index in [2.05, 4.69) is 10.3 Å². The lowest BCUT2D eigenvalue weighted by Crippen LogP contribution is -2.01. The lowest BCUT2D eigenvalue weighted by atomic mass is 10.3. The SMILES string of the molecule is CN=CNc1c(F)cc(F)cc1F. The summed E-state index contributed by atoms with van der Waals surface area (Å²) < 4.78 is 38.1. The fourth-order valence-corrected chi connectivity index (χ4v) is 0.809. The molecule has 13 heavy (non-hydrogen) atoms. The first-order chi connectivity index (χ1) is 6.15. The second-order valence-electron chi connectivity index (χ2n) is 2.28. The third kappa shape index (κ3) is 2.21. The summed E-state index contributed by atoms with van der Waals surface area (Å²) in [7, 11) is 1.44. The number of nitrogens with one attached hydrogen (secondary N) is 1. The van der Waals surface area contributed by atoms with Crippen LogP contribution < -0.4 is 5.32 Å². The van der Waals surface area contributed by atoms with Crippen LogP contribution in [0.3, 0.4) is 0 Å². The molecule has 0 unspecified atom stereocenters. The molecule has 2 nitrogen and oxygen atoms in total. The maximum Gasteiger partial charge on any atom is 0.152 e. The van der Waals surface area contributed by atoms with Gasteiger partial charge in [0.1, 0.15) is 11.5 Å². The zero-order valence-electron chi connectivity index (χ0n) is 6.81. The average molecular weight is 188 g/mol. The van der Waals surface area contributed by atoms with Crippen molar-refractivity contribution in [2.75, 3.05) is 12.4 Å². The summed E-state index contributed by atoms with van der Waals surface area (Å²) in [6.07, 6.45) is 1.11. The largest absolute Gasteiger partial charge is 0.342 e. The highest BCUT2D eigenvalue weighted by Gasteiger charge is 2.09. The summed E-state index contributed by atoms with van der Waals surface area (Å²) in [6.45, 7) is 0. The van der Waals surface area contributed by atoms with E-state index in [9.17, 15) is 13.2 Å². The Hall–Kier alpha value is -1.52. The van der Waals surface area contributed by atoms with Gasteiger partial charge in [0.05, 0.1) is 6.34 Å². The molecule has 5 heteroatoms. The van der Waals surface area contributed by atoms with E-state index in [4.69, 9.17) is 0 Å². The monoisotopic (exact) mass is 188 g/mol. The van der Waals surface area contributed by atoms with Crippen LogP contribution in [-0.4, -0.2) is 13.4 Å². The van der Waals surface area contributed by atoms with Crippen LogP contribution in [-0.2, 0) is 0 Å². The van der Waals surface area contributed by atoms with Crippen LogP contribution in [0.1, 0.15) is 0 Å². The predicted octanol–water partition coefficient (Wildman–Crippen LogP) is 2.17. The Labute approximate surface area is 73.1 Å². The molecule has 0 aliphatic heterocycles. The van der Waals surface area contributed by atoms with Crippen molar-refractivity contribution in [2.24, 2.45) is 4.99 Å². The molecule has 0 saturated heterocycles. The van der Waals surface area contributed by atoms with Crippen molar-refractivity contribution >= 4 is 12.0 Å². The van der Waals surface area contributed by atoms with Crippen LogP contribution in [0.25, 0.3) is 0 Å². The standard InChI is InChI=1S/C8H7F3N2/c1-12-4-13-8-6(10)2-5(9)3-7(8)11/h2-4H,1H3,(H,12,13). The third-order valence-corrected chi connectivity index (χ3v) is 1.34. The molecule has 1 aromatic rings. The van der Waals surface area contributed by atoms with Crippen molar-refractivity contribution in [1.82, 2.24) is 0 Å². The molecular weight excluding hydrogens is 181 g/mol. The van der Waals surface area contributed by atoms with Crippen molar-refractivity contribution in [1.29, 1.82) is 0 Å². The molecule has 0 aliphatic rings. The number of halogens is 3. The molecule has 1 rings (SSSR count). The second kappa shape index (κ2) is 3.93. The lowest BCUT2D eigenvalue weighted by molar-refractivity contribution is 0.549. The smallest absolute Gasteiger partial charge is 0.152 e. The minimum atomic E-state index is -0.989. The van der Waals surface area contributed by atoms with Crippen LogP contribution >= 0.6 is 0 Å². The molecule has 0 aromatic heterocycles. The maximum atomic E-state index is 12.8. The highest BCUT2D eigenvalue weighted by molar-refractivity contribution is 5.75. The van der Waals surface area contributed by atoms with Gasteiger partial charge in [0.15, 0.2) is 11.6 Å². The van der Waals surface area contributed by atoms with Gasteiger partial charge in [-0.15, -0.1) is 0 Å². The number of rotatable bonds is 2. The quantitative estimate of drug-likeness (QED) is 0.558. The molecule has 1 aromatic carbocycles. The second-order valence-corrected chi connectivity index (χ2v) is 2.28. The van der Waals surface area contributed by atoms with Crippen LogP contribution in [0.15, 0.2) is 17.1 Å². The molecule has 0 fully saturated rings. The Balaban J connectivity index is 3.05. The molecule has 1 N–H and O–H groups in total. The van der Waals surface area contributed by atoms with Crippen LogP contribution in [0, 0.1) is 17.5 Å². The van der Waals surface area contributed by atoms with Crippen molar-refractivity contribution < 1.29 is 13.2 Å². The number of benzene rings is 1. The van der Waals surface area contributed by atoms with Crippen LogP contribution in [0.5, 0.6) is 0 Å². The van der Waals surface area contributed by atoms with E-state index in [1.54, 1.807) is 0 Å². The fraction of sp³-hybridized carbons (Fsp3) is 0.125. The van der Waals surface area contributed by atoms with Gasteiger partial charge in [0.2, 0.25) is 0 Å². The van der Waals surface area contributed by atoms with Gasteiger partial charge in [-0.1, -0.05) is 0 Å². The number of aliphatic imine (C=N–C) groups is 1. The van der Waals surface area contributed by atoms with E-state index in [1.165, 1.54) is 7.05 Å². The molecule has 0 bridgehead atoms. The zero-order valence-corrected chi connectivity index (χ0v) is 6.81. The Morgan fingerprint density at radius 2 is 1.77 bits per heavy atom. The fourth-order valence-electron chi connectivity index (χ4n) is 0.809. The number of hydrogen-bond acceptors (Lipinski definition) is 1. The summed E-state index contributed by atoms with van der Waals surface area (Å²) in [4.78, 5) is 3.47. The maximum absolute atomic E-state index is 12.8. The van der Waals surface area contributed by atoms with Gasteiger partial charge < -0.3 is 5.32 Å². The number of nitrogens with zero attached hydrogens (tertiary/aromatic N) is 1. The topological polar surface area (TPSA) is 24.4 Å². The first-order valence-electron chi connectivity index (χ1n) is 3.47. The normalized spacial score (nSPS) is 10.8. The van der Waals surface area contributed by atoms with Crippen molar-refractivity contribution in [3.05, 3.63) is 29.6 Å². The Bertz CT molecular complexity index is 313. The van der Waals surface area contributed by atoms with Gasteiger partial charge in [-0.2, -0.15) is 0 Å². The highest BCUT2D eigenvalue weighted by atomic mass is 19.1. The van der Waals surface area contributed by atoms with Gasteiger partial charge >= 0.3 is 0 Å². The summed E-state index contributed by atoms with van der Waals surface area (Å²) in [6, 6.07) is 1.18. The molecule has 0 amide bonds. The van der Waals surface area contributed by atoms with Gasteiger partial charge in [-0.3, -0.25) is 4.99 Å². The van der Waals surface area contributed by atoms with Crippen LogP contribution in [0.2, 0.25) is 0 Å². The first kappa shape index (κ1) is 9.57. The van der Waals surface area contributed by atoms with Gasteiger partial charge in [0.25, 0.3) is 0 Å². The predicted molar refractivity (Wildman–Crippen MR) is 44.4 cm³/mol. The summed E-state index contributed by atoms with van der Waals surface area (Å²) in [5.74, 6) is -2.93. The van der Waals surface area contributed by atoms with E-state index in [1.807, 2.05) is 0 Å². The molecule has 0 atom stereocenters. The first-order valence-corrected chi connectivity index (χ1v) is 3.47. The molecule has 0 aliphatic carbocycles. The van der Waals surface area contributed by atoms with Gasteiger partial charge in [0, 0.05) is 19.2 Å². The molecular formula is C8H7F3N2. The van der Waals surface area contributed by atoms with Crippen molar-refractivity contribution in [3.8, 4) is 0 Å². The summed E-state index contributed by atoms with van der Waals surface area (Å²) in [5, 5.41) is 2.25. The minimum absolute atomic E-state index is 0.410.